The third kappa shape index (κ3) is 3.55. The highest BCUT2D eigenvalue weighted by atomic mass is 16.6. The van der Waals surface area contributed by atoms with E-state index < -0.39 is 11.7 Å². The van der Waals surface area contributed by atoms with Crippen LogP contribution in [0.15, 0.2) is 24.3 Å². The summed E-state index contributed by atoms with van der Waals surface area (Å²) >= 11 is 0. The van der Waals surface area contributed by atoms with Crippen LogP contribution >= 0.6 is 0 Å². The molecule has 4 heteroatoms. The van der Waals surface area contributed by atoms with Crippen molar-refractivity contribution in [2.75, 3.05) is 5.06 Å². The molecule has 0 aliphatic carbocycles. The van der Waals surface area contributed by atoms with E-state index in [0.717, 1.165) is 5.56 Å². The number of carbonyl (C=O) groups excluding carboxylic acids is 1. The summed E-state index contributed by atoms with van der Waals surface area (Å²) in [6.45, 7) is 7.16. The number of nitrogens with zero attached hydrogens (tertiary/aromatic N) is 1. The van der Waals surface area contributed by atoms with Crippen LogP contribution in [0.25, 0.3) is 0 Å². The van der Waals surface area contributed by atoms with Gasteiger partial charge in [0.1, 0.15) is 5.60 Å². The summed E-state index contributed by atoms with van der Waals surface area (Å²) in [6.07, 6.45) is -0.781. The minimum Gasteiger partial charge on any atom is -0.442 e. The molecule has 1 aromatic carbocycles. The standard InChI is InChI=1S/C12H17NO3/c1-9-5-7-10(8-6-9)13(15)11(14)16-12(2,3)4/h5-8,15H,1-4H3. The van der Waals surface area contributed by atoms with Gasteiger partial charge in [-0.3, -0.25) is 5.21 Å². The third-order valence-electron chi connectivity index (χ3n) is 1.84. The van der Waals surface area contributed by atoms with Crippen LogP contribution in [0.1, 0.15) is 26.3 Å². The molecule has 0 saturated carbocycles. The Kier molecular flexibility index (Phi) is 3.55. The Morgan fingerprint density at radius 3 is 2.19 bits per heavy atom. The minimum absolute atomic E-state index is 0.389. The predicted octanol–water partition coefficient (Wildman–Crippen LogP) is 3.13. The molecule has 0 heterocycles. The summed E-state index contributed by atoms with van der Waals surface area (Å²) in [7, 11) is 0. The van der Waals surface area contributed by atoms with E-state index in [-0.39, 0.29) is 0 Å². The lowest BCUT2D eigenvalue weighted by Gasteiger charge is -2.23. The summed E-state index contributed by atoms with van der Waals surface area (Å²) in [6, 6.07) is 6.92. The molecule has 88 valence electrons. The van der Waals surface area contributed by atoms with Crippen LogP contribution in [0.2, 0.25) is 0 Å². The van der Waals surface area contributed by atoms with Crippen molar-refractivity contribution in [1.29, 1.82) is 0 Å². The van der Waals surface area contributed by atoms with Gasteiger partial charge in [0, 0.05) is 0 Å². The third-order valence-corrected chi connectivity index (χ3v) is 1.84. The van der Waals surface area contributed by atoms with E-state index in [0.29, 0.717) is 10.8 Å². The molecule has 0 bridgehead atoms. The molecule has 0 aromatic heterocycles. The van der Waals surface area contributed by atoms with E-state index in [1.165, 1.54) is 0 Å². The molecular weight excluding hydrogens is 206 g/mol. The average molecular weight is 223 g/mol. The number of carbonyl (C=O) groups is 1. The maximum Gasteiger partial charge on any atom is 0.439 e. The molecule has 0 aliphatic heterocycles. The molecule has 1 amide bonds. The zero-order valence-corrected chi connectivity index (χ0v) is 10.0. The van der Waals surface area contributed by atoms with Gasteiger partial charge in [-0.25, -0.2) is 4.79 Å². The van der Waals surface area contributed by atoms with Gasteiger partial charge in [-0.1, -0.05) is 17.7 Å². The van der Waals surface area contributed by atoms with Crippen LogP contribution < -0.4 is 5.06 Å². The van der Waals surface area contributed by atoms with Crippen molar-refractivity contribution in [3.8, 4) is 0 Å². The van der Waals surface area contributed by atoms with Crippen LogP contribution in [0, 0.1) is 6.92 Å². The maximum absolute atomic E-state index is 11.5. The van der Waals surface area contributed by atoms with Gasteiger partial charge in [0.25, 0.3) is 0 Å². The fourth-order valence-electron chi connectivity index (χ4n) is 1.10. The van der Waals surface area contributed by atoms with Gasteiger partial charge in [-0.15, -0.1) is 0 Å². The molecule has 16 heavy (non-hydrogen) atoms. The molecule has 1 aromatic rings. The first-order chi connectivity index (χ1) is 7.29. The Bertz CT molecular complexity index is 365. The monoisotopic (exact) mass is 223 g/mol. The summed E-state index contributed by atoms with van der Waals surface area (Å²) in [5.41, 5.74) is 0.823. The van der Waals surface area contributed by atoms with Gasteiger partial charge in [0.2, 0.25) is 0 Å². The average Bonchev–Trinajstić information content (AvgIpc) is 2.15. The van der Waals surface area contributed by atoms with Crippen molar-refractivity contribution in [1.82, 2.24) is 0 Å². The van der Waals surface area contributed by atoms with Crippen LogP contribution in [0.4, 0.5) is 10.5 Å². The molecule has 0 saturated heterocycles. The zero-order chi connectivity index (χ0) is 12.3. The summed E-state index contributed by atoms with van der Waals surface area (Å²) < 4.78 is 5.02. The lowest BCUT2D eigenvalue weighted by molar-refractivity contribution is 0.0407. The largest absolute Gasteiger partial charge is 0.442 e. The molecule has 1 rings (SSSR count). The minimum atomic E-state index is -0.781. The number of hydrogen-bond acceptors (Lipinski definition) is 3. The van der Waals surface area contributed by atoms with Crippen LogP contribution in [0.5, 0.6) is 0 Å². The van der Waals surface area contributed by atoms with Crippen molar-refractivity contribution >= 4 is 11.8 Å². The van der Waals surface area contributed by atoms with Gasteiger partial charge in [-0.05, 0) is 39.8 Å². The summed E-state index contributed by atoms with van der Waals surface area (Å²) in [4.78, 5) is 11.5. The molecule has 0 fully saturated rings. The second-order valence-electron chi connectivity index (χ2n) is 4.63. The predicted molar refractivity (Wildman–Crippen MR) is 61.7 cm³/mol. The topological polar surface area (TPSA) is 49.8 Å². The number of benzene rings is 1. The molecule has 0 spiro atoms. The van der Waals surface area contributed by atoms with Gasteiger partial charge in [0.05, 0.1) is 5.69 Å². The number of hydrogen-bond donors (Lipinski definition) is 1. The van der Waals surface area contributed by atoms with Crippen molar-refractivity contribution in [2.24, 2.45) is 0 Å². The van der Waals surface area contributed by atoms with E-state index in [4.69, 9.17) is 4.74 Å². The maximum atomic E-state index is 11.5. The van der Waals surface area contributed by atoms with Crippen LogP contribution in [-0.2, 0) is 4.74 Å². The second kappa shape index (κ2) is 4.53. The number of anilines is 1. The Morgan fingerprint density at radius 2 is 1.75 bits per heavy atom. The number of ether oxygens (including phenoxy) is 1. The van der Waals surface area contributed by atoms with Gasteiger partial charge >= 0.3 is 6.09 Å². The number of aryl methyl sites for hydroxylation is 1. The highest BCUT2D eigenvalue weighted by Gasteiger charge is 2.21. The molecule has 4 nitrogen and oxygen atoms in total. The molecule has 1 N–H and O–H groups in total. The van der Waals surface area contributed by atoms with E-state index in [1.54, 1.807) is 32.9 Å². The lowest BCUT2D eigenvalue weighted by Crippen LogP contribution is -2.34. The fourth-order valence-corrected chi connectivity index (χ4v) is 1.10. The number of hydroxylamine groups is 1. The smallest absolute Gasteiger partial charge is 0.439 e. The molecule has 0 radical (unpaired) electrons. The fraction of sp³-hybridized carbons (Fsp3) is 0.417. The Labute approximate surface area is 95.4 Å². The number of amides is 1. The highest BCUT2D eigenvalue weighted by Crippen LogP contribution is 2.16. The summed E-state index contributed by atoms with van der Waals surface area (Å²) in [5.74, 6) is 0. The van der Waals surface area contributed by atoms with Crippen LogP contribution in [-0.4, -0.2) is 16.9 Å². The lowest BCUT2D eigenvalue weighted by atomic mass is 10.2. The Hall–Kier alpha value is -1.55. The van der Waals surface area contributed by atoms with Gasteiger partial charge < -0.3 is 4.74 Å². The first-order valence-electron chi connectivity index (χ1n) is 5.08. The first-order valence-corrected chi connectivity index (χ1v) is 5.08. The normalized spacial score (nSPS) is 11.1. The van der Waals surface area contributed by atoms with Gasteiger partial charge in [-0.2, -0.15) is 5.06 Å². The molecule has 0 unspecified atom stereocenters. The second-order valence-corrected chi connectivity index (χ2v) is 4.63. The van der Waals surface area contributed by atoms with Crippen molar-refractivity contribution in [2.45, 2.75) is 33.3 Å². The zero-order valence-electron chi connectivity index (χ0n) is 10.0. The Balaban J connectivity index is 2.74. The van der Waals surface area contributed by atoms with Crippen molar-refractivity contribution < 1.29 is 14.7 Å². The molecular formula is C12H17NO3. The first kappa shape index (κ1) is 12.5. The molecule has 0 aliphatic rings. The quantitative estimate of drug-likeness (QED) is 0.587. The van der Waals surface area contributed by atoms with Crippen LogP contribution in [0.3, 0.4) is 0 Å². The summed E-state index contributed by atoms with van der Waals surface area (Å²) in [5, 5.41) is 10.1. The van der Waals surface area contributed by atoms with Crippen molar-refractivity contribution in [3.63, 3.8) is 0 Å². The van der Waals surface area contributed by atoms with E-state index in [2.05, 4.69) is 0 Å². The molecule has 0 atom stereocenters. The van der Waals surface area contributed by atoms with E-state index in [1.807, 2.05) is 19.1 Å². The Morgan fingerprint density at radius 1 is 1.25 bits per heavy atom. The highest BCUT2D eigenvalue weighted by molar-refractivity contribution is 5.85. The van der Waals surface area contributed by atoms with Crippen molar-refractivity contribution in [3.05, 3.63) is 29.8 Å². The SMILES string of the molecule is Cc1ccc(N(O)C(=O)OC(C)(C)C)cc1. The van der Waals surface area contributed by atoms with E-state index >= 15 is 0 Å². The number of rotatable bonds is 1. The van der Waals surface area contributed by atoms with Gasteiger partial charge in [0.15, 0.2) is 0 Å². The van der Waals surface area contributed by atoms with E-state index in [9.17, 15) is 10.0 Å².